The van der Waals surface area contributed by atoms with Crippen molar-refractivity contribution >= 4 is 25.6 Å². The summed E-state index contributed by atoms with van der Waals surface area (Å²) in [6.45, 7) is 0. The van der Waals surface area contributed by atoms with Crippen LogP contribution in [0.5, 0.6) is 0 Å². The van der Waals surface area contributed by atoms with E-state index < -0.39 is 0 Å². The predicted octanol–water partition coefficient (Wildman–Crippen LogP) is 2.40. The number of halogens is 1. The van der Waals surface area contributed by atoms with Gasteiger partial charge in [-0.3, -0.25) is 0 Å². The van der Waals surface area contributed by atoms with Gasteiger partial charge < -0.3 is 4.23 Å². The highest BCUT2D eigenvalue weighted by molar-refractivity contribution is 9.09. The average molecular weight is 246 g/mol. The molecule has 0 atom stereocenters. The first kappa shape index (κ1) is 10.1. The fourth-order valence-electron chi connectivity index (χ4n) is 1.26. The van der Waals surface area contributed by atoms with E-state index in [0.29, 0.717) is 0 Å². The quantitative estimate of drug-likeness (QED) is 0.412. The molecule has 1 aromatic rings. The Labute approximate surface area is 85.2 Å². The third kappa shape index (κ3) is 4.12. The van der Waals surface area contributed by atoms with Crippen LogP contribution in [0.2, 0.25) is 6.04 Å². The van der Waals surface area contributed by atoms with Gasteiger partial charge in [0, 0.05) is 5.33 Å². The summed E-state index contributed by atoms with van der Waals surface area (Å²) in [4.78, 5) is 0. The topological polar surface area (TPSA) is 4.93 Å². The Balaban J connectivity index is 1.96. The lowest BCUT2D eigenvalue weighted by Gasteiger charge is -2.00. The van der Waals surface area contributed by atoms with Gasteiger partial charge in [0.2, 0.25) is 0 Å². The van der Waals surface area contributed by atoms with Crippen LogP contribution in [0.15, 0.2) is 24.5 Å². The lowest BCUT2D eigenvalue weighted by molar-refractivity contribution is 0.775. The minimum absolute atomic E-state index is 0.00420. The molecule has 1 heterocycles. The molecule has 0 bridgehead atoms. The number of nitrogens with zero attached hydrogens (tertiary/aromatic N) is 1. The van der Waals surface area contributed by atoms with E-state index in [-0.39, 0.29) is 9.68 Å². The molecule has 1 nitrogen and oxygen atoms in total. The first-order valence-corrected chi connectivity index (χ1v) is 7.35. The number of hydrogen-bond donors (Lipinski definition) is 0. The molecule has 0 unspecified atom stereocenters. The SMILES string of the molecule is BrCCCCC[SiH2]n1cccc1. The summed E-state index contributed by atoms with van der Waals surface area (Å²) in [7, 11) is 0.00420. The third-order valence-electron chi connectivity index (χ3n) is 1.97. The van der Waals surface area contributed by atoms with Crippen molar-refractivity contribution < 1.29 is 0 Å². The molecule has 0 aromatic carbocycles. The van der Waals surface area contributed by atoms with Crippen molar-refractivity contribution in [2.75, 3.05) is 5.33 Å². The van der Waals surface area contributed by atoms with Crippen molar-refractivity contribution in [3.8, 4) is 0 Å². The Morgan fingerprint density at radius 2 is 1.83 bits per heavy atom. The lowest BCUT2D eigenvalue weighted by atomic mass is 10.3. The third-order valence-corrected chi connectivity index (χ3v) is 4.28. The van der Waals surface area contributed by atoms with Crippen molar-refractivity contribution in [2.45, 2.75) is 25.3 Å². The molecule has 1 aromatic heterocycles. The molecule has 0 radical (unpaired) electrons. The molecule has 12 heavy (non-hydrogen) atoms. The van der Waals surface area contributed by atoms with Gasteiger partial charge in [0.1, 0.15) is 9.68 Å². The van der Waals surface area contributed by atoms with Crippen LogP contribution >= 0.6 is 15.9 Å². The minimum atomic E-state index is 0.00420. The first-order chi connectivity index (χ1) is 5.93. The molecule has 68 valence electrons. The molecular formula is C9H16BrNSi. The van der Waals surface area contributed by atoms with E-state index in [0.717, 1.165) is 5.33 Å². The van der Waals surface area contributed by atoms with E-state index in [2.05, 4.69) is 44.7 Å². The highest BCUT2D eigenvalue weighted by atomic mass is 79.9. The highest BCUT2D eigenvalue weighted by Gasteiger charge is 1.91. The van der Waals surface area contributed by atoms with Gasteiger partial charge in [0.25, 0.3) is 0 Å². The standard InChI is InChI=1S/C9H16BrNSi/c10-6-2-1-5-9-12-11-7-3-4-8-11/h3-4,7-8H,1-2,5-6,9,12H2. The van der Waals surface area contributed by atoms with Crippen molar-refractivity contribution in [2.24, 2.45) is 0 Å². The van der Waals surface area contributed by atoms with Crippen molar-refractivity contribution in [1.29, 1.82) is 0 Å². The van der Waals surface area contributed by atoms with E-state index in [4.69, 9.17) is 0 Å². The van der Waals surface area contributed by atoms with Gasteiger partial charge in [-0.25, -0.2) is 0 Å². The summed E-state index contributed by atoms with van der Waals surface area (Å²) in [6, 6.07) is 5.68. The van der Waals surface area contributed by atoms with Gasteiger partial charge in [0.15, 0.2) is 0 Å². The Bertz CT molecular complexity index is 186. The molecule has 0 spiro atoms. The van der Waals surface area contributed by atoms with Crippen molar-refractivity contribution in [3.05, 3.63) is 24.5 Å². The van der Waals surface area contributed by atoms with E-state index in [1.807, 2.05) is 0 Å². The highest BCUT2D eigenvalue weighted by Crippen LogP contribution is 2.02. The fraction of sp³-hybridized carbons (Fsp3) is 0.556. The molecule has 0 aliphatic heterocycles. The summed E-state index contributed by atoms with van der Waals surface area (Å²) in [5.41, 5.74) is 0. The smallest absolute Gasteiger partial charge is 0.128 e. The van der Waals surface area contributed by atoms with Crippen LogP contribution in [-0.2, 0) is 0 Å². The summed E-state index contributed by atoms with van der Waals surface area (Å²) < 4.78 is 2.38. The monoisotopic (exact) mass is 245 g/mol. The van der Waals surface area contributed by atoms with E-state index >= 15 is 0 Å². The zero-order chi connectivity index (χ0) is 8.65. The van der Waals surface area contributed by atoms with Crippen molar-refractivity contribution in [3.63, 3.8) is 0 Å². The molecule has 0 saturated carbocycles. The van der Waals surface area contributed by atoms with Gasteiger partial charge >= 0.3 is 0 Å². The largest absolute Gasteiger partial charge is 0.386 e. The molecule has 0 aliphatic carbocycles. The Hall–Kier alpha value is -0.0231. The van der Waals surface area contributed by atoms with E-state index in [1.165, 1.54) is 25.3 Å². The van der Waals surface area contributed by atoms with Gasteiger partial charge in [-0.2, -0.15) is 0 Å². The maximum Gasteiger partial charge on any atom is 0.128 e. The molecule has 0 fully saturated rings. The van der Waals surface area contributed by atoms with Crippen LogP contribution in [0, 0.1) is 0 Å². The molecule has 0 amide bonds. The maximum absolute atomic E-state index is 3.45. The number of unbranched alkanes of at least 4 members (excludes halogenated alkanes) is 2. The lowest BCUT2D eigenvalue weighted by Crippen LogP contribution is -2.01. The van der Waals surface area contributed by atoms with Gasteiger partial charge in [-0.15, -0.1) is 0 Å². The van der Waals surface area contributed by atoms with Crippen LogP contribution < -0.4 is 0 Å². The second-order valence-electron chi connectivity index (χ2n) is 3.02. The minimum Gasteiger partial charge on any atom is -0.386 e. The van der Waals surface area contributed by atoms with Crippen molar-refractivity contribution in [1.82, 2.24) is 4.23 Å². The molecular weight excluding hydrogens is 230 g/mol. The normalized spacial score (nSPS) is 11.4. The summed E-state index contributed by atoms with van der Waals surface area (Å²) >= 11 is 3.45. The van der Waals surface area contributed by atoms with E-state index in [1.54, 1.807) is 0 Å². The van der Waals surface area contributed by atoms with Crippen LogP contribution in [0.25, 0.3) is 0 Å². The second-order valence-corrected chi connectivity index (χ2v) is 5.70. The van der Waals surface area contributed by atoms with Crippen LogP contribution in [0.1, 0.15) is 19.3 Å². The Morgan fingerprint density at radius 3 is 2.50 bits per heavy atom. The molecule has 0 N–H and O–H groups in total. The van der Waals surface area contributed by atoms with E-state index in [9.17, 15) is 0 Å². The second kappa shape index (κ2) is 6.49. The number of hydrogen-bond acceptors (Lipinski definition) is 0. The predicted molar refractivity (Wildman–Crippen MR) is 60.8 cm³/mol. The fourth-order valence-corrected chi connectivity index (χ4v) is 3.14. The van der Waals surface area contributed by atoms with Crippen LogP contribution in [-0.4, -0.2) is 19.2 Å². The zero-order valence-corrected chi connectivity index (χ0v) is 10.4. The first-order valence-electron chi connectivity index (χ1n) is 4.60. The van der Waals surface area contributed by atoms with Crippen LogP contribution in [0.3, 0.4) is 0 Å². The molecule has 0 aliphatic rings. The molecule has 1 rings (SSSR count). The zero-order valence-electron chi connectivity index (χ0n) is 7.38. The summed E-state index contributed by atoms with van der Waals surface area (Å²) in [5.74, 6) is 0. The number of alkyl halides is 1. The van der Waals surface area contributed by atoms with Gasteiger partial charge in [-0.05, 0) is 37.0 Å². The molecule has 3 heteroatoms. The number of aromatic nitrogens is 1. The maximum atomic E-state index is 3.45. The average Bonchev–Trinajstić information content (AvgIpc) is 2.57. The summed E-state index contributed by atoms with van der Waals surface area (Å²) in [5, 5.41) is 1.16. The van der Waals surface area contributed by atoms with Gasteiger partial charge in [-0.1, -0.05) is 28.8 Å². The number of rotatable bonds is 6. The van der Waals surface area contributed by atoms with Gasteiger partial charge in [0.05, 0.1) is 0 Å². The molecule has 0 saturated heterocycles. The van der Waals surface area contributed by atoms with Crippen LogP contribution in [0.4, 0.5) is 0 Å². The Morgan fingerprint density at radius 1 is 1.08 bits per heavy atom. The Kier molecular flexibility index (Phi) is 5.44. The summed E-state index contributed by atoms with van der Waals surface area (Å²) in [6.07, 6.45) is 8.52.